The van der Waals surface area contributed by atoms with Crippen molar-refractivity contribution in [2.24, 2.45) is 5.84 Å². The van der Waals surface area contributed by atoms with Crippen molar-refractivity contribution in [2.75, 3.05) is 0 Å². The summed E-state index contributed by atoms with van der Waals surface area (Å²) >= 11 is 3.08. The van der Waals surface area contributed by atoms with Gasteiger partial charge >= 0.3 is 0 Å². The second-order valence-electron chi connectivity index (χ2n) is 2.85. The van der Waals surface area contributed by atoms with Crippen LogP contribution < -0.4 is 11.3 Å². The van der Waals surface area contributed by atoms with Gasteiger partial charge in [-0.05, 0) is 35.5 Å². The van der Waals surface area contributed by atoms with E-state index in [4.69, 9.17) is 5.84 Å². The zero-order valence-electron chi connectivity index (χ0n) is 7.60. The summed E-state index contributed by atoms with van der Waals surface area (Å²) in [5.41, 5.74) is 3.98. The molecule has 0 aliphatic rings. The van der Waals surface area contributed by atoms with Gasteiger partial charge in [0.15, 0.2) is 0 Å². The Hall–Kier alpha value is -0.820. The van der Waals surface area contributed by atoms with Crippen molar-refractivity contribution in [1.29, 1.82) is 0 Å². The summed E-state index contributed by atoms with van der Waals surface area (Å²) in [6.07, 6.45) is 1.74. The number of hydrogen-bond donors (Lipinski definition) is 2. The van der Waals surface area contributed by atoms with Crippen LogP contribution in [-0.2, 0) is 0 Å². The van der Waals surface area contributed by atoms with E-state index in [0.717, 1.165) is 4.88 Å². The maximum absolute atomic E-state index is 5.53. The summed E-state index contributed by atoms with van der Waals surface area (Å²) in [5.74, 6) is 5.53. The number of aromatic nitrogens is 2. The van der Waals surface area contributed by atoms with Crippen LogP contribution in [0.3, 0.4) is 0 Å². The number of aryl methyl sites for hydroxylation is 1. The molecule has 2 heterocycles. The average molecular weight is 226 g/mol. The van der Waals surface area contributed by atoms with E-state index in [0.29, 0.717) is 0 Å². The molecule has 2 aromatic heterocycles. The molecule has 0 aromatic carbocycles. The zero-order valence-corrected chi connectivity index (χ0v) is 9.23. The molecule has 0 bridgehead atoms. The van der Waals surface area contributed by atoms with Crippen LogP contribution in [0.4, 0.5) is 0 Å². The summed E-state index contributed by atoms with van der Waals surface area (Å²) in [5, 5.41) is 5.87. The monoisotopic (exact) mass is 226 g/mol. The van der Waals surface area contributed by atoms with Gasteiger partial charge < -0.3 is 0 Å². The SMILES string of the molecule is Cc1sccc1C(NN)c1cnns1. The van der Waals surface area contributed by atoms with Gasteiger partial charge in [0.05, 0.1) is 17.1 Å². The fraction of sp³-hybridized carbons (Fsp3) is 0.250. The number of nitrogens with one attached hydrogen (secondary N) is 1. The Morgan fingerprint density at radius 1 is 1.57 bits per heavy atom. The third kappa shape index (κ3) is 1.69. The summed E-state index contributed by atoms with van der Waals surface area (Å²) in [6, 6.07) is 2.09. The Kier molecular flexibility index (Phi) is 2.87. The number of nitrogens with zero attached hydrogens (tertiary/aromatic N) is 2. The van der Waals surface area contributed by atoms with Crippen molar-refractivity contribution in [2.45, 2.75) is 13.0 Å². The molecular weight excluding hydrogens is 216 g/mol. The Labute approximate surface area is 89.9 Å². The number of hydrogen-bond acceptors (Lipinski definition) is 6. The molecule has 0 amide bonds. The van der Waals surface area contributed by atoms with Crippen molar-refractivity contribution < 1.29 is 0 Å². The standard InChI is InChI=1S/C8H10N4S2/c1-5-6(2-3-13-5)8(11-9)7-4-10-12-14-7/h2-4,8,11H,9H2,1H3. The van der Waals surface area contributed by atoms with Gasteiger partial charge in [-0.25, -0.2) is 5.43 Å². The van der Waals surface area contributed by atoms with Crippen LogP contribution in [0.5, 0.6) is 0 Å². The van der Waals surface area contributed by atoms with Crippen molar-refractivity contribution in [3.8, 4) is 0 Å². The fourth-order valence-electron chi connectivity index (χ4n) is 1.32. The smallest absolute Gasteiger partial charge is 0.0845 e. The first-order chi connectivity index (χ1) is 6.83. The normalized spacial score (nSPS) is 13.0. The molecule has 6 heteroatoms. The van der Waals surface area contributed by atoms with Crippen LogP contribution in [0.1, 0.15) is 21.4 Å². The lowest BCUT2D eigenvalue weighted by molar-refractivity contribution is 0.644. The van der Waals surface area contributed by atoms with Crippen LogP contribution in [-0.4, -0.2) is 9.59 Å². The molecule has 2 rings (SSSR count). The quantitative estimate of drug-likeness (QED) is 0.614. The van der Waals surface area contributed by atoms with Gasteiger partial charge in [-0.15, -0.1) is 16.4 Å². The van der Waals surface area contributed by atoms with Crippen molar-refractivity contribution in [1.82, 2.24) is 15.0 Å². The van der Waals surface area contributed by atoms with E-state index in [1.807, 2.05) is 0 Å². The number of rotatable bonds is 3. The predicted molar refractivity (Wildman–Crippen MR) is 58.1 cm³/mol. The molecule has 0 saturated heterocycles. The summed E-state index contributed by atoms with van der Waals surface area (Å²) in [7, 11) is 0. The van der Waals surface area contributed by atoms with Crippen LogP contribution in [0.25, 0.3) is 0 Å². The molecule has 14 heavy (non-hydrogen) atoms. The molecule has 1 atom stereocenters. The van der Waals surface area contributed by atoms with Crippen molar-refractivity contribution in [3.05, 3.63) is 33.0 Å². The van der Waals surface area contributed by atoms with Crippen LogP contribution in [0.15, 0.2) is 17.6 Å². The van der Waals surface area contributed by atoms with E-state index < -0.39 is 0 Å². The minimum atomic E-state index is 0.0150. The predicted octanol–water partition coefficient (Wildman–Crippen LogP) is 1.46. The molecule has 0 fully saturated rings. The van der Waals surface area contributed by atoms with E-state index in [-0.39, 0.29) is 6.04 Å². The molecule has 2 aromatic rings. The van der Waals surface area contributed by atoms with Crippen LogP contribution >= 0.6 is 22.9 Å². The first kappa shape index (κ1) is 9.72. The van der Waals surface area contributed by atoms with Gasteiger partial charge in [-0.3, -0.25) is 5.84 Å². The topological polar surface area (TPSA) is 63.8 Å². The van der Waals surface area contributed by atoms with E-state index in [2.05, 4.69) is 33.4 Å². The minimum Gasteiger partial charge on any atom is -0.271 e. The molecule has 74 valence electrons. The maximum atomic E-state index is 5.53. The number of thiophene rings is 1. The van der Waals surface area contributed by atoms with E-state index in [9.17, 15) is 0 Å². The molecule has 3 N–H and O–H groups in total. The highest BCUT2D eigenvalue weighted by molar-refractivity contribution is 7.10. The number of nitrogens with two attached hydrogens (primary N) is 1. The highest BCUT2D eigenvalue weighted by Crippen LogP contribution is 2.28. The number of hydrazine groups is 1. The molecule has 0 radical (unpaired) electrons. The molecular formula is C8H10N4S2. The van der Waals surface area contributed by atoms with Gasteiger partial charge in [0, 0.05) is 4.88 Å². The molecule has 0 spiro atoms. The van der Waals surface area contributed by atoms with Crippen LogP contribution in [0, 0.1) is 6.92 Å². The molecule has 0 aliphatic heterocycles. The highest BCUT2D eigenvalue weighted by atomic mass is 32.1. The Morgan fingerprint density at radius 3 is 2.93 bits per heavy atom. The highest BCUT2D eigenvalue weighted by Gasteiger charge is 2.17. The van der Waals surface area contributed by atoms with E-state index >= 15 is 0 Å². The molecule has 0 saturated carbocycles. The fourth-order valence-corrected chi connectivity index (χ4v) is 2.65. The zero-order chi connectivity index (χ0) is 9.97. The lowest BCUT2D eigenvalue weighted by Crippen LogP contribution is -2.28. The van der Waals surface area contributed by atoms with Crippen LogP contribution in [0.2, 0.25) is 0 Å². The largest absolute Gasteiger partial charge is 0.271 e. The van der Waals surface area contributed by atoms with Gasteiger partial charge in [-0.2, -0.15) is 0 Å². The van der Waals surface area contributed by atoms with Crippen molar-refractivity contribution in [3.63, 3.8) is 0 Å². The second kappa shape index (κ2) is 4.14. The first-order valence-electron chi connectivity index (χ1n) is 4.10. The Morgan fingerprint density at radius 2 is 2.43 bits per heavy atom. The maximum Gasteiger partial charge on any atom is 0.0845 e. The third-order valence-electron chi connectivity index (χ3n) is 2.04. The van der Waals surface area contributed by atoms with E-state index in [1.54, 1.807) is 17.5 Å². The second-order valence-corrected chi connectivity index (χ2v) is 4.79. The van der Waals surface area contributed by atoms with E-state index in [1.165, 1.54) is 22.0 Å². The lowest BCUT2D eigenvalue weighted by atomic mass is 10.1. The Bertz CT molecular complexity index is 395. The van der Waals surface area contributed by atoms with Crippen molar-refractivity contribution >= 4 is 22.9 Å². The van der Waals surface area contributed by atoms with Gasteiger partial charge in [-0.1, -0.05) is 4.49 Å². The summed E-state index contributed by atoms with van der Waals surface area (Å²) in [4.78, 5) is 2.30. The minimum absolute atomic E-state index is 0.0150. The van der Waals surface area contributed by atoms with Gasteiger partial charge in [0.2, 0.25) is 0 Å². The first-order valence-corrected chi connectivity index (χ1v) is 5.75. The lowest BCUT2D eigenvalue weighted by Gasteiger charge is -2.12. The summed E-state index contributed by atoms with van der Waals surface area (Å²) in [6.45, 7) is 2.08. The molecule has 1 unspecified atom stereocenters. The molecule has 0 aliphatic carbocycles. The Balaban J connectivity index is 2.36. The molecule has 4 nitrogen and oxygen atoms in total. The third-order valence-corrected chi connectivity index (χ3v) is 3.63. The van der Waals surface area contributed by atoms with Gasteiger partial charge in [0.25, 0.3) is 0 Å². The summed E-state index contributed by atoms with van der Waals surface area (Å²) < 4.78 is 3.83. The average Bonchev–Trinajstić information content (AvgIpc) is 2.80. The van der Waals surface area contributed by atoms with Gasteiger partial charge in [0.1, 0.15) is 0 Å².